The molecule has 17 heavy (non-hydrogen) atoms. The van der Waals surface area contributed by atoms with Crippen molar-refractivity contribution in [1.82, 2.24) is 5.32 Å². The van der Waals surface area contributed by atoms with Crippen molar-refractivity contribution >= 4 is 52.8 Å². The largest absolute Gasteiger partial charge is 0.480 e. The highest BCUT2D eigenvalue weighted by molar-refractivity contribution is 6.67. The average molecular weight is 308 g/mol. The van der Waals surface area contributed by atoms with E-state index in [0.717, 1.165) is 0 Å². The number of carbonyl (C=O) groups excluding carboxylic acids is 2. The Morgan fingerprint density at radius 3 is 2.24 bits per heavy atom. The van der Waals surface area contributed by atoms with Crippen molar-refractivity contribution in [1.29, 1.82) is 0 Å². The molecule has 0 saturated heterocycles. The first-order valence-corrected chi connectivity index (χ1v) is 5.26. The first-order valence-electron chi connectivity index (χ1n) is 4.13. The van der Waals surface area contributed by atoms with Crippen LogP contribution in [0.25, 0.3) is 0 Å². The lowest BCUT2D eigenvalue weighted by molar-refractivity contribution is -0.141. The van der Waals surface area contributed by atoms with E-state index in [1.165, 1.54) is 0 Å². The monoisotopic (exact) mass is 306 g/mol. The number of nitrogens with one attached hydrogen (secondary N) is 1. The summed E-state index contributed by atoms with van der Waals surface area (Å²) in [5, 5.41) is 10.5. The van der Waals surface area contributed by atoms with E-state index in [0.29, 0.717) is 0 Å². The van der Waals surface area contributed by atoms with E-state index < -0.39 is 40.8 Å². The Balaban J connectivity index is 4.22. The van der Waals surface area contributed by atoms with Crippen LogP contribution in [-0.4, -0.2) is 39.5 Å². The SMILES string of the molecule is NC(=O)CC(NC(=O)OCC(Cl)(Cl)Cl)C(=O)O. The molecule has 0 aromatic carbocycles. The summed E-state index contributed by atoms with van der Waals surface area (Å²) >= 11 is 15.9. The van der Waals surface area contributed by atoms with Crippen molar-refractivity contribution in [3.8, 4) is 0 Å². The molecule has 0 bridgehead atoms. The van der Waals surface area contributed by atoms with Gasteiger partial charge in [0.2, 0.25) is 9.70 Å². The fourth-order valence-electron chi connectivity index (χ4n) is 0.733. The molecule has 0 aromatic heterocycles. The maximum atomic E-state index is 11.1. The summed E-state index contributed by atoms with van der Waals surface area (Å²) in [5.74, 6) is -2.33. The zero-order valence-electron chi connectivity index (χ0n) is 8.28. The number of hydrogen-bond acceptors (Lipinski definition) is 4. The summed E-state index contributed by atoms with van der Waals surface area (Å²) in [6.07, 6.45) is -1.71. The van der Waals surface area contributed by atoms with E-state index in [9.17, 15) is 14.4 Å². The molecule has 98 valence electrons. The van der Waals surface area contributed by atoms with E-state index in [1.807, 2.05) is 5.32 Å². The lowest BCUT2D eigenvalue weighted by Gasteiger charge is -2.15. The van der Waals surface area contributed by atoms with Crippen LogP contribution in [0.15, 0.2) is 0 Å². The molecule has 1 atom stereocenters. The van der Waals surface area contributed by atoms with Gasteiger partial charge in [0.25, 0.3) is 0 Å². The molecule has 1 unspecified atom stereocenters. The van der Waals surface area contributed by atoms with Crippen molar-refractivity contribution < 1.29 is 24.2 Å². The Labute approximate surface area is 111 Å². The fourth-order valence-corrected chi connectivity index (χ4v) is 0.896. The topological polar surface area (TPSA) is 119 Å². The number of halogens is 3. The van der Waals surface area contributed by atoms with Gasteiger partial charge >= 0.3 is 12.1 Å². The predicted octanol–water partition coefficient (Wildman–Crippen LogP) is 0.411. The minimum Gasteiger partial charge on any atom is -0.480 e. The van der Waals surface area contributed by atoms with Crippen LogP contribution in [0.1, 0.15) is 6.42 Å². The summed E-state index contributed by atoms with van der Waals surface area (Å²) in [7, 11) is 0. The quantitative estimate of drug-likeness (QED) is 0.636. The predicted molar refractivity (Wildman–Crippen MR) is 60.0 cm³/mol. The number of amides is 2. The molecule has 0 aliphatic heterocycles. The third kappa shape index (κ3) is 8.84. The number of primary amides is 1. The first kappa shape index (κ1) is 16.1. The number of rotatable bonds is 5. The van der Waals surface area contributed by atoms with Crippen LogP contribution in [0.4, 0.5) is 4.79 Å². The van der Waals surface area contributed by atoms with Gasteiger partial charge in [-0.1, -0.05) is 34.8 Å². The van der Waals surface area contributed by atoms with Gasteiger partial charge in [0.05, 0.1) is 6.42 Å². The lowest BCUT2D eigenvalue weighted by atomic mass is 10.2. The third-order valence-corrected chi connectivity index (χ3v) is 1.69. The third-order valence-electron chi connectivity index (χ3n) is 1.36. The number of aliphatic carboxylic acids is 1. The van der Waals surface area contributed by atoms with E-state index in [2.05, 4.69) is 4.74 Å². The van der Waals surface area contributed by atoms with E-state index in [4.69, 9.17) is 45.6 Å². The molecule has 0 aliphatic rings. The first-order chi connectivity index (χ1) is 7.61. The Kier molecular flexibility index (Phi) is 6.36. The summed E-state index contributed by atoms with van der Waals surface area (Å²) < 4.78 is 2.60. The molecule has 7 nitrogen and oxygen atoms in total. The maximum Gasteiger partial charge on any atom is 0.408 e. The van der Waals surface area contributed by atoms with Gasteiger partial charge < -0.3 is 20.9 Å². The normalized spacial score (nSPS) is 12.6. The highest BCUT2D eigenvalue weighted by Crippen LogP contribution is 2.25. The standard InChI is InChI=1S/C7H9Cl3N2O5/c8-7(9,10)2-17-6(16)12-3(5(14)15)1-4(11)13/h3H,1-2H2,(H2,11,13)(H,12,16)(H,14,15). The number of alkyl carbamates (subject to hydrolysis) is 1. The minimum atomic E-state index is -1.81. The van der Waals surface area contributed by atoms with Crippen molar-refractivity contribution in [3.63, 3.8) is 0 Å². The van der Waals surface area contributed by atoms with Crippen molar-refractivity contribution in [2.24, 2.45) is 5.73 Å². The number of alkyl halides is 3. The van der Waals surface area contributed by atoms with Crippen LogP contribution < -0.4 is 11.1 Å². The Bertz CT molecular complexity index is 317. The Morgan fingerprint density at radius 2 is 1.88 bits per heavy atom. The molecule has 10 heteroatoms. The molecule has 0 spiro atoms. The van der Waals surface area contributed by atoms with Crippen LogP contribution in [0.2, 0.25) is 0 Å². The number of hydrogen-bond donors (Lipinski definition) is 3. The molecular formula is C7H9Cl3N2O5. The summed E-state index contributed by atoms with van der Waals surface area (Å²) in [5.41, 5.74) is 4.79. The number of nitrogens with two attached hydrogens (primary N) is 1. The van der Waals surface area contributed by atoms with Crippen molar-refractivity contribution in [2.45, 2.75) is 16.3 Å². The van der Waals surface area contributed by atoms with Gasteiger partial charge in [-0.05, 0) is 0 Å². The van der Waals surface area contributed by atoms with Gasteiger partial charge in [0, 0.05) is 0 Å². The Morgan fingerprint density at radius 1 is 1.35 bits per heavy atom. The molecule has 0 aromatic rings. The smallest absolute Gasteiger partial charge is 0.408 e. The maximum absolute atomic E-state index is 11.1. The van der Waals surface area contributed by atoms with Crippen LogP contribution >= 0.6 is 34.8 Å². The van der Waals surface area contributed by atoms with Crippen LogP contribution in [0.3, 0.4) is 0 Å². The molecule has 0 radical (unpaired) electrons. The summed E-state index contributed by atoms with van der Waals surface area (Å²) in [6, 6.07) is -1.49. The molecular weight excluding hydrogens is 298 g/mol. The zero-order valence-corrected chi connectivity index (χ0v) is 10.6. The zero-order chi connectivity index (χ0) is 13.6. The van der Waals surface area contributed by atoms with Gasteiger partial charge in [-0.3, -0.25) is 4.79 Å². The van der Waals surface area contributed by atoms with Crippen LogP contribution in [0, 0.1) is 0 Å². The molecule has 0 aliphatic carbocycles. The molecule has 0 rings (SSSR count). The van der Waals surface area contributed by atoms with E-state index in [1.54, 1.807) is 0 Å². The average Bonchev–Trinajstić information content (AvgIpc) is 2.11. The minimum absolute atomic E-state index is 0.563. The van der Waals surface area contributed by atoms with Crippen molar-refractivity contribution in [2.75, 3.05) is 6.61 Å². The summed E-state index contributed by atoms with van der Waals surface area (Å²) in [4.78, 5) is 32.2. The van der Waals surface area contributed by atoms with Crippen LogP contribution in [-0.2, 0) is 14.3 Å². The highest BCUT2D eigenvalue weighted by Gasteiger charge is 2.26. The van der Waals surface area contributed by atoms with Crippen LogP contribution in [0.5, 0.6) is 0 Å². The van der Waals surface area contributed by atoms with Gasteiger partial charge in [-0.25, -0.2) is 9.59 Å². The number of ether oxygens (including phenoxy) is 1. The number of carboxylic acids is 1. The van der Waals surface area contributed by atoms with E-state index >= 15 is 0 Å². The molecule has 0 saturated carbocycles. The second kappa shape index (κ2) is 6.73. The Hall–Kier alpha value is -0.920. The lowest BCUT2D eigenvalue weighted by Crippen LogP contribution is -2.44. The second-order valence-electron chi connectivity index (χ2n) is 2.90. The molecule has 4 N–H and O–H groups in total. The molecule has 0 heterocycles. The fraction of sp³-hybridized carbons (Fsp3) is 0.571. The highest BCUT2D eigenvalue weighted by atomic mass is 35.6. The molecule has 2 amide bonds. The van der Waals surface area contributed by atoms with Gasteiger partial charge in [0.1, 0.15) is 12.6 Å². The van der Waals surface area contributed by atoms with Crippen molar-refractivity contribution in [3.05, 3.63) is 0 Å². The second-order valence-corrected chi connectivity index (χ2v) is 5.41. The summed E-state index contributed by atoms with van der Waals surface area (Å²) in [6.45, 7) is -0.563. The number of carbonyl (C=O) groups is 3. The molecule has 0 fully saturated rings. The van der Waals surface area contributed by atoms with Gasteiger partial charge in [-0.2, -0.15) is 0 Å². The van der Waals surface area contributed by atoms with E-state index in [-0.39, 0.29) is 0 Å². The number of carboxylic acid groups (broad SMARTS) is 1. The van der Waals surface area contributed by atoms with Gasteiger partial charge in [-0.15, -0.1) is 0 Å². The van der Waals surface area contributed by atoms with Gasteiger partial charge in [0.15, 0.2) is 0 Å².